The van der Waals surface area contributed by atoms with E-state index in [2.05, 4.69) is 32.2 Å². The average Bonchev–Trinajstić information content (AvgIpc) is 2.58. The summed E-state index contributed by atoms with van der Waals surface area (Å²) in [4.78, 5) is 0. The second-order valence-corrected chi connectivity index (χ2v) is 6.36. The van der Waals surface area contributed by atoms with Crippen LogP contribution in [0.25, 0.3) is 0 Å². The Labute approximate surface area is 153 Å². The van der Waals surface area contributed by atoms with Crippen molar-refractivity contribution in [1.82, 2.24) is 10.2 Å². The second-order valence-electron chi connectivity index (χ2n) is 5.44. The molecule has 1 atom stereocenters. The predicted octanol–water partition coefficient (Wildman–Crippen LogP) is 5.13. The summed E-state index contributed by atoms with van der Waals surface area (Å²) >= 11 is 3.25. The van der Waals surface area contributed by atoms with E-state index in [0.29, 0.717) is 21.7 Å². The second kappa shape index (κ2) is 7.41. The van der Waals surface area contributed by atoms with Crippen molar-refractivity contribution in [2.75, 3.05) is 0 Å². The molecule has 3 aromatic rings. The van der Waals surface area contributed by atoms with E-state index < -0.39 is 11.7 Å². The molecular weight excluding hydrogens is 385 g/mol. The Kier molecular flexibility index (Phi) is 5.05. The standard InChI is InChI=1S/C19H13BrFN3O/c1-12-4-5-13(17(11-22)18-3-2-6-23-24-18)7-19(12)25-16-9-14(20)8-15(21)10-16/h2-10,17H,1H3. The molecule has 0 N–H and O–H groups in total. The molecule has 0 radical (unpaired) electrons. The largest absolute Gasteiger partial charge is 0.457 e. The lowest BCUT2D eigenvalue weighted by molar-refractivity contribution is 0.472. The normalized spacial score (nSPS) is 11.6. The maximum atomic E-state index is 13.5. The molecule has 0 spiro atoms. The van der Waals surface area contributed by atoms with Gasteiger partial charge in [0.15, 0.2) is 0 Å². The number of nitriles is 1. The van der Waals surface area contributed by atoms with Gasteiger partial charge in [-0.2, -0.15) is 15.5 Å². The molecule has 1 heterocycles. The molecule has 1 aromatic heterocycles. The van der Waals surface area contributed by atoms with Crippen LogP contribution in [0.15, 0.2) is 59.2 Å². The summed E-state index contributed by atoms with van der Waals surface area (Å²) in [6.07, 6.45) is 1.56. The van der Waals surface area contributed by atoms with E-state index in [9.17, 15) is 9.65 Å². The van der Waals surface area contributed by atoms with Gasteiger partial charge in [-0.1, -0.05) is 28.1 Å². The van der Waals surface area contributed by atoms with Crippen molar-refractivity contribution in [3.05, 3.63) is 81.8 Å². The molecule has 0 saturated heterocycles. The minimum atomic E-state index is -0.559. The Morgan fingerprint density at radius 2 is 2.04 bits per heavy atom. The molecule has 3 rings (SSSR count). The smallest absolute Gasteiger partial charge is 0.131 e. The first kappa shape index (κ1) is 17.1. The van der Waals surface area contributed by atoms with E-state index in [1.54, 1.807) is 30.5 Å². The van der Waals surface area contributed by atoms with Crippen LogP contribution in [-0.2, 0) is 0 Å². The lowest BCUT2D eigenvalue weighted by Crippen LogP contribution is -2.02. The molecule has 0 aliphatic carbocycles. The van der Waals surface area contributed by atoms with Crippen LogP contribution in [0.2, 0.25) is 0 Å². The van der Waals surface area contributed by atoms with Crippen molar-refractivity contribution in [2.24, 2.45) is 0 Å². The molecule has 0 aliphatic heterocycles. The van der Waals surface area contributed by atoms with Crippen molar-refractivity contribution in [3.63, 3.8) is 0 Å². The van der Waals surface area contributed by atoms with Crippen LogP contribution in [0, 0.1) is 24.1 Å². The fourth-order valence-corrected chi connectivity index (χ4v) is 2.84. The minimum absolute atomic E-state index is 0.375. The monoisotopic (exact) mass is 397 g/mol. The van der Waals surface area contributed by atoms with Crippen LogP contribution in [0.5, 0.6) is 11.5 Å². The number of ether oxygens (including phenoxy) is 1. The maximum Gasteiger partial charge on any atom is 0.131 e. The number of benzene rings is 2. The summed E-state index contributed by atoms with van der Waals surface area (Å²) < 4.78 is 20.0. The molecule has 25 heavy (non-hydrogen) atoms. The van der Waals surface area contributed by atoms with Crippen molar-refractivity contribution in [1.29, 1.82) is 5.26 Å². The quantitative estimate of drug-likeness (QED) is 0.611. The molecule has 124 valence electrons. The highest BCUT2D eigenvalue weighted by Gasteiger charge is 2.17. The summed E-state index contributed by atoms with van der Waals surface area (Å²) in [6, 6.07) is 15.6. The molecule has 0 saturated carbocycles. The van der Waals surface area contributed by atoms with Crippen LogP contribution in [-0.4, -0.2) is 10.2 Å². The van der Waals surface area contributed by atoms with Gasteiger partial charge in [0.1, 0.15) is 23.2 Å². The zero-order chi connectivity index (χ0) is 17.8. The van der Waals surface area contributed by atoms with Crippen molar-refractivity contribution < 1.29 is 9.13 Å². The van der Waals surface area contributed by atoms with Gasteiger partial charge in [0.2, 0.25) is 0 Å². The minimum Gasteiger partial charge on any atom is -0.457 e. The summed E-state index contributed by atoms with van der Waals surface area (Å²) in [5.74, 6) is -0.0252. The molecule has 0 fully saturated rings. The third kappa shape index (κ3) is 4.01. The van der Waals surface area contributed by atoms with Gasteiger partial charge in [-0.3, -0.25) is 0 Å². The molecule has 0 bridgehead atoms. The van der Waals surface area contributed by atoms with E-state index in [0.717, 1.165) is 11.1 Å². The third-order valence-electron chi connectivity index (χ3n) is 3.63. The van der Waals surface area contributed by atoms with Crippen LogP contribution >= 0.6 is 15.9 Å². The number of nitrogens with zero attached hydrogens (tertiary/aromatic N) is 3. The SMILES string of the molecule is Cc1ccc(C(C#N)c2cccnn2)cc1Oc1cc(F)cc(Br)c1. The van der Waals surface area contributed by atoms with Crippen molar-refractivity contribution in [3.8, 4) is 17.6 Å². The zero-order valence-corrected chi connectivity index (χ0v) is 14.9. The van der Waals surface area contributed by atoms with Gasteiger partial charge >= 0.3 is 0 Å². The number of aromatic nitrogens is 2. The Hall–Kier alpha value is -2.78. The first-order valence-corrected chi connectivity index (χ1v) is 8.28. The number of aryl methyl sites for hydroxylation is 1. The maximum absolute atomic E-state index is 13.5. The fourth-order valence-electron chi connectivity index (χ4n) is 2.40. The van der Waals surface area contributed by atoms with Gasteiger partial charge in [-0.25, -0.2) is 4.39 Å². The van der Waals surface area contributed by atoms with Crippen LogP contribution < -0.4 is 4.74 Å². The summed E-state index contributed by atoms with van der Waals surface area (Å²) in [6.45, 7) is 1.89. The van der Waals surface area contributed by atoms with Crippen LogP contribution in [0.4, 0.5) is 4.39 Å². The highest BCUT2D eigenvalue weighted by atomic mass is 79.9. The highest BCUT2D eigenvalue weighted by Crippen LogP contribution is 2.32. The third-order valence-corrected chi connectivity index (χ3v) is 4.09. The van der Waals surface area contributed by atoms with Gasteiger partial charge in [0, 0.05) is 16.7 Å². The summed E-state index contributed by atoms with van der Waals surface area (Å²) in [5.41, 5.74) is 2.17. The Bertz CT molecular complexity index is 921. The molecule has 1 unspecified atom stereocenters. The molecular formula is C19H13BrFN3O. The Balaban J connectivity index is 1.96. The van der Waals surface area contributed by atoms with Gasteiger partial charge in [-0.05, 0) is 48.4 Å². The first-order chi connectivity index (χ1) is 12.1. The topological polar surface area (TPSA) is 58.8 Å². The lowest BCUT2D eigenvalue weighted by atomic mass is 9.95. The van der Waals surface area contributed by atoms with Crippen LogP contribution in [0.1, 0.15) is 22.7 Å². The van der Waals surface area contributed by atoms with E-state index in [-0.39, 0.29) is 0 Å². The summed E-state index contributed by atoms with van der Waals surface area (Å²) in [7, 11) is 0. The van der Waals surface area contributed by atoms with Crippen molar-refractivity contribution >= 4 is 15.9 Å². The molecule has 4 nitrogen and oxygen atoms in total. The fraction of sp³-hybridized carbons (Fsp3) is 0.105. The molecule has 0 amide bonds. The van der Waals surface area contributed by atoms with Crippen LogP contribution in [0.3, 0.4) is 0 Å². The molecule has 0 aliphatic rings. The van der Waals surface area contributed by atoms with E-state index in [1.807, 2.05) is 19.1 Å². The van der Waals surface area contributed by atoms with Gasteiger partial charge in [0.25, 0.3) is 0 Å². The molecule has 2 aromatic carbocycles. The van der Waals surface area contributed by atoms with Crippen molar-refractivity contribution in [2.45, 2.75) is 12.8 Å². The number of rotatable bonds is 4. The van der Waals surface area contributed by atoms with E-state index in [4.69, 9.17) is 4.74 Å². The number of hydrogen-bond donors (Lipinski definition) is 0. The average molecular weight is 398 g/mol. The Morgan fingerprint density at radius 1 is 1.20 bits per heavy atom. The zero-order valence-electron chi connectivity index (χ0n) is 13.3. The Morgan fingerprint density at radius 3 is 2.72 bits per heavy atom. The summed E-state index contributed by atoms with van der Waals surface area (Å²) in [5, 5.41) is 17.4. The number of halogens is 2. The predicted molar refractivity (Wildman–Crippen MR) is 94.8 cm³/mol. The van der Waals surface area contributed by atoms with Gasteiger partial charge in [0.05, 0.1) is 11.8 Å². The lowest BCUT2D eigenvalue weighted by Gasteiger charge is -2.13. The number of hydrogen-bond acceptors (Lipinski definition) is 4. The highest BCUT2D eigenvalue weighted by molar-refractivity contribution is 9.10. The van der Waals surface area contributed by atoms with Gasteiger partial charge in [-0.15, -0.1) is 0 Å². The first-order valence-electron chi connectivity index (χ1n) is 7.48. The molecule has 6 heteroatoms. The van der Waals surface area contributed by atoms with E-state index in [1.165, 1.54) is 12.1 Å². The van der Waals surface area contributed by atoms with Gasteiger partial charge < -0.3 is 4.74 Å². The van der Waals surface area contributed by atoms with E-state index >= 15 is 0 Å².